The Labute approximate surface area is 165 Å². The molecule has 4 rings (SSSR count). The standard InChI is InChI=1S/C22H15F2N3O2/c1-13-10-16(27-21(28)19-17(23)6-3-7-18(19)24)12-26-20(13)14-4-2-5-15(11-14)22-25-8-9-29-22/h2-12H,1H3,(H,27,28). The van der Waals surface area contributed by atoms with Crippen LogP contribution in [0.3, 0.4) is 0 Å². The van der Waals surface area contributed by atoms with E-state index < -0.39 is 23.1 Å². The molecule has 0 aliphatic rings. The van der Waals surface area contributed by atoms with Crippen molar-refractivity contribution >= 4 is 11.6 Å². The Bertz CT molecular complexity index is 1170. The van der Waals surface area contributed by atoms with Crippen LogP contribution in [0, 0.1) is 18.6 Å². The molecule has 7 heteroatoms. The summed E-state index contributed by atoms with van der Waals surface area (Å²) in [5, 5.41) is 2.49. The molecule has 2 aromatic heterocycles. The predicted molar refractivity (Wildman–Crippen MR) is 104 cm³/mol. The summed E-state index contributed by atoms with van der Waals surface area (Å²) in [6.07, 6.45) is 4.51. The van der Waals surface area contributed by atoms with Gasteiger partial charge in [0.05, 0.1) is 23.8 Å². The predicted octanol–water partition coefficient (Wildman–Crippen LogP) is 5.24. The number of halogens is 2. The minimum absolute atomic E-state index is 0.336. The zero-order valence-corrected chi connectivity index (χ0v) is 15.3. The topological polar surface area (TPSA) is 68.0 Å². The number of rotatable bonds is 4. The summed E-state index contributed by atoms with van der Waals surface area (Å²) in [5.74, 6) is -2.22. The minimum Gasteiger partial charge on any atom is -0.445 e. The summed E-state index contributed by atoms with van der Waals surface area (Å²) >= 11 is 0. The fraction of sp³-hybridized carbons (Fsp3) is 0.0455. The Hall–Kier alpha value is -3.87. The van der Waals surface area contributed by atoms with Crippen LogP contribution in [0.1, 0.15) is 15.9 Å². The molecule has 2 aromatic carbocycles. The molecule has 0 radical (unpaired) electrons. The first-order valence-corrected chi connectivity index (χ1v) is 8.75. The van der Waals surface area contributed by atoms with Gasteiger partial charge in [0.15, 0.2) is 0 Å². The number of nitrogens with one attached hydrogen (secondary N) is 1. The monoisotopic (exact) mass is 391 g/mol. The second kappa shape index (κ2) is 7.63. The number of benzene rings is 2. The minimum atomic E-state index is -0.924. The van der Waals surface area contributed by atoms with E-state index in [0.717, 1.165) is 28.8 Å². The lowest BCUT2D eigenvalue weighted by Gasteiger charge is -2.10. The van der Waals surface area contributed by atoms with Crippen molar-refractivity contribution in [3.63, 3.8) is 0 Å². The maximum absolute atomic E-state index is 13.8. The van der Waals surface area contributed by atoms with Gasteiger partial charge in [-0.2, -0.15) is 0 Å². The van der Waals surface area contributed by atoms with E-state index in [2.05, 4.69) is 15.3 Å². The normalized spacial score (nSPS) is 10.7. The van der Waals surface area contributed by atoms with E-state index >= 15 is 0 Å². The van der Waals surface area contributed by atoms with Crippen LogP contribution in [0.5, 0.6) is 0 Å². The molecule has 1 amide bonds. The number of aryl methyl sites for hydroxylation is 1. The fourth-order valence-corrected chi connectivity index (χ4v) is 3.02. The first kappa shape index (κ1) is 18.5. The number of anilines is 1. The van der Waals surface area contributed by atoms with Crippen LogP contribution in [0.15, 0.2) is 71.6 Å². The molecule has 29 heavy (non-hydrogen) atoms. The second-order valence-corrected chi connectivity index (χ2v) is 6.36. The van der Waals surface area contributed by atoms with Crippen molar-refractivity contribution in [1.29, 1.82) is 0 Å². The van der Waals surface area contributed by atoms with Gasteiger partial charge in [-0.25, -0.2) is 13.8 Å². The molecule has 2 heterocycles. The summed E-state index contributed by atoms with van der Waals surface area (Å²) in [6, 6.07) is 12.5. The Morgan fingerprint density at radius 1 is 1.00 bits per heavy atom. The van der Waals surface area contributed by atoms with Crippen molar-refractivity contribution in [2.24, 2.45) is 0 Å². The van der Waals surface area contributed by atoms with Gasteiger partial charge in [-0.3, -0.25) is 9.78 Å². The maximum atomic E-state index is 13.8. The number of oxazole rings is 1. The average molecular weight is 391 g/mol. The summed E-state index contributed by atoms with van der Waals surface area (Å²) in [7, 11) is 0. The van der Waals surface area contributed by atoms with Crippen LogP contribution in [-0.2, 0) is 0 Å². The van der Waals surface area contributed by atoms with Crippen LogP contribution in [0.25, 0.3) is 22.7 Å². The van der Waals surface area contributed by atoms with Gasteiger partial charge in [0.25, 0.3) is 5.91 Å². The smallest absolute Gasteiger partial charge is 0.261 e. The molecule has 0 fully saturated rings. The van der Waals surface area contributed by atoms with Crippen LogP contribution < -0.4 is 5.32 Å². The molecule has 0 aliphatic carbocycles. The lowest BCUT2D eigenvalue weighted by Crippen LogP contribution is -2.16. The van der Waals surface area contributed by atoms with Crippen molar-refractivity contribution in [2.75, 3.05) is 5.32 Å². The number of carbonyl (C=O) groups excluding carboxylic acids is 1. The fourth-order valence-electron chi connectivity index (χ4n) is 3.02. The number of hydrogen-bond acceptors (Lipinski definition) is 4. The molecular weight excluding hydrogens is 376 g/mol. The third-order valence-corrected chi connectivity index (χ3v) is 4.34. The number of aromatic nitrogens is 2. The Morgan fingerprint density at radius 3 is 2.41 bits per heavy atom. The summed E-state index contributed by atoms with van der Waals surface area (Å²) in [5.41, 5.74) is 2.84. The highest BCUT2D eigenvalue weighted by Gasteiger charge is 2.17. The highest BCUT2D eigenvalue weighted by molar-refractivity contribution is 6.04. The second-order valence-electron chi connectivity index (χ2n) is 6.36. The van der Waals surface area contributed by atoms with Gasteiger partial charge in [0.1, 0.15) is 23.5 Å². The number of hydrogen-bond donors (Lipinski definition) is 1. The van der Waals surface area contributed by atoms with Crippen molar-refractivity contribution in [2.45, 2.75) is 6.92 Å². The SMILES string of the molecule is Cc1cc(NC(=O)c2c(F)cccc2F)cnc1-c1cccc(-c2ncco2)c1. The molecular formula is C22H15F2N3O2. The Kier molecular flexibility index (Phi) is 4.87. The highest BCUT2D eigenvalue weighted by atomic mass is 19.1. The van der Waals surface area contributed by atoms with E-state index in [-0.39, 0.29) is 0 Å². The molecule has 0 spiro atoms. The zero-order valence-electron chi connectivity index (χ0n) is 15.3. The molecule has 4 aromatic rings. The lowest BCUT2D eigenvalue weighted by molar-refractivity contribution is 0.101. The van der Waals surface area contributed by atoms with Crippen LogP contribution in [-0.4, -0.2) is 15.9 Å². The third kappa shape index (κ3) is 3.75. The number of carbonyl (C=O) groups is 1. The molecule has 0 atom stereocenters. The quantitative estimate of drug-likeness (QED) is 0.516. The molecule has 0 aliphatic heterocycles. The van der Waals surface area contributed by atoms with Crippen LogP contribution in [0.2, 0.25) is 0 Å². The summed E-state index contributed by atoms with van der Waals surface area (Å²) in [4.78, 5) is 20.8. The van der Waals surface area contributed by atoms with Crippen LogP contribution in [0.4, 0.5) is 14.5 Å². The molecule has 5 nitrogen and oxygen atoms in total. The van der Waals surface area contributed by atoms with Crippen molar-refractivity contribution in [3.8, 4) is 22.7 Å². The molecule has 144 valence electrons. The lowest BCUT2D eigenvalue weighted by atomic mass is 10.0. The molecule has 0 unspecified atom stereocenters. The van der Waals surface area contributed by atoms with Gasteiger partial charge in [-0.15, -0.1) is 0 Å². The Morgan fingerprint density at radius 2 is 1.72 bits per heavy atom. The average Bonchev–Trinajstić information content (AvgIpc) is 3.23. The van der Waals surface area contributed by atoms with E-state index in [4.69, 9.17) is 4.42 Å². The van der Waals surface area contributed by atoms with Gasteiger partial charge in [-0.1, -0.05) is 18.2 Å². The largest absolute Gasteiger partial charge is 0.445 e. The zero-order chi connectivity index (χ0) is 20.4. The number of amides is 1. The first-order chi connectivity index (χ1) is 14.0. The van der Waals surface area contributed by atoms with Gasteiger partial charge in [0.2, 0.25) is 5.89 Å². The summed E-state index contributed by atoms with van der Waals surface area (Å²) in [6.45, 7) is 1.83. The van der Waals surface area contributed by atoms with E-state index in [1.807, 2.05) is 31.2 Å². The maximum Gasteiger partial charge on any atom is 0.261 e. The molecule has 1 N–H and O–H groups in total. The molecule has 0 saturated heterocycles. The van der Waals surface area contributed by atoms with E-state index in [1.54, 1.807) is 12.3 Å². The van der Waals surface area contributed by atoms with E-state index in [0.29, 0.717) is 17.3 Å². The van der Waals surface area contributed by atoms with Gasteiger partial charge in [0, 0.05) is 11.1 Å². The van der Waals surface area contributed by atoms with Gasteiger partial charge >= 0.3 is 0 Å². The van der Waals surface area contributed by atoms with E-state index in [1.165, 1.54) is 18.5 Å². The first-order valence-electron chi connectivity index (χ1n) is 8.75. The van der Waals surface area contributed by atoms with E-state index in [9.17, 15) is 13.6 Å². The van der Waals surface area contributed by atoms with Crippen molar-refractivity contribution in [3.05, 3.63) is 89.9 Å². The van der Waals surface area contributed by atoms with Crippen LogP contribution >= 0.6 is 0 Å². The third-order valence-electron chi connectivity index (χ3n) is 4.34. The van der Waals surface area contributed by atoms with Gasteiger partial charge < -0.3 is 9.73 Å². The van der Waals surface area contributed by atoms with Crippen molar-refractivity contribution < 1.29 is 18.0 Å². The Balaban J connectivity index is 1.61. The summed E-state index contributed by atoms with van der Waals surface area (Å²) < 4.78 is 32.9. The molecule has 0 bridgehead atoms. The molecule has 0 saturated carbocycles. The highest BCUT2D eigenvalue weighted by Crippen LogP contribution is 2.27. The van der Waals surface area contributed by atoms with Gasteiger partial charge in [-0.05, 0) is 42.8 Å². The van der Waals surface area contributed by atoms with Crippen molar-refractivity contribution in [1.82, 2.24) is 9.97 Å². The number of pyridine rings is 1. The number of nitrogens with zero attached hydrogens (tertiary/aromatic N) is 2.